The van der Waals surface area contributed by atoms with Crippen LogP contribution in [0.15, 0.2) is 182 Å². The fraction of sp³-hybridized carbons (Fsp3) is 0.395. The van der Waals surface area contributed by atoms with Crippen molar-refractivity contribution in [3.8, 4) is 121 Å². The maximum Gasteiger partial charge on any atom is 0.204 e. The number of methoxy groups -OCH3 is 9. The van der Waals surface area contributed by atoms with E-state index in [1.54, 1.807) is 64.0 Å². The van der Waals surface area contributed by atoms with Crippen molar-refractivity contribution >= 4 is 24.0 Å². The summed E-state index contributed by atoms with van der Waals surface area (Å²) in [5.41, 5.74) is 23.5. The van der Waals surface area contributed by atoms with Crippen molar-refractivity contribution in [2.75, 3.05) is 146 Å². The van der Waals surface area contributed by atoms with E-state index in [9.17, 15) is 15.3 Å². The molecule has 12 aromatic carbocycles. The van der Waals surface area contributed by atoms with Crippen LogP contribution in [0.3, 0.4) is 0 Å². The van der Waals surface area contributed by atoms with Crippen LogP contribution in [-0.4, -0.2) is 190 Å². The standard InChI is InChI=1S/C41H48N2O6.C40H46N2O6.C38H42N2O6.HI/c1-7-8-28-23-43(3)34-18-26-11-14-35(45-4)37(19-26)48-30-12-9-25(10-13-30)17-33-31-21-36(29(24-44)20-27(31)15-16-42(33)2)49-41-39(34)32(28)22-38(46-5)40(41)47-6;1-7-26-22-42(3)33-17-25-10-13-34(44-4)36(18-25)47-29-11-8-24(9-12-29)16-32-30-20-35(28(23-43)19-27(30)14-15-41(32)2)48-40-38(33)31(26)21-37(45-5)39(40)46-6;1-39-14-12-25-19-27(22-41)33-21-29(25)30(39)16-23-6-9-28(10-7-23)45-34-18-24(8-11-32(34)42-3)17-31-36-26(13-15-40(31)2)20-35(43-4)37(44-5)38(36)46-33;/h9-14,19-22,28,33-34,44H,7-8,15-18,23-24H2,1-6H3;8-13,18-21,26,32-33,43H,7,14-17,22-23H2,1-6H3;6-11,18-21,30-31,41H,12-17,22H2,1-5H3;1H/t28?,33-,34-;26?,32-,33-;30-,31-;/m000./s1. The van der Waals surface area contributed by atoms with Gasteiger partial charge in [-0.15, -0.1) is 24.0 Å². The minimum absolute atomic E-state index is 0. The van der Waals surface area contributed by atoms with Gasteiger partial charge in [0.25, 0.3) is 0 Å². The molecule has 8 atom stereocenters. The molecule has 0 aromatic heterocycles. The van der Waals surface area contributed by atoms with Gasteiger partial charge in [-0.05, 0) is 342 Å². The van der Waals surface area contributed by atoms with E-state index in [1.807, 2.05) is 54.6 Å². The van der Waals surface area contributed by atoms with E-state index in [2.05, 4.69) is 213 Å². The minimum Gasteiger partial charge on any atom is -0.493 e. The summed E-state index contributed by atoms with van der Waals surface area (Å²) in [6.45, 7) is 9.56. The summed E-state index contributed by atoms with van der Waals surface area (Å²) in [6.07, 6.45) is 11.2. The van der Waals surface area contributed by atoms with Crippen LogP contribution in [-0.2, 0) is 84.0 Å². The molecular weight excluding hydrogens is 1930 g/mol. The molecule has 12 aliphatic heterocycles. The fourth-order valence-electron chi connectivity index (χ4n) is 23.3. The van der Waals surface area contributed by atoms with Crippen molar-refractivity contribution < 1.29 is 86.4 Å². The summed E-state index contributed by atoms with van der Waals surface area (Å²) in [5, 5.41) is 32.0. The fourth-order valence-corrected chi connectivity index (χ4v) is 23.3. The molecule has 24 nitrogen and oxygen atoms in total. The molecule has 3 N–H and O–H groups in total. The Bertz CT molecular complexity index is 6640. The molecule has 0 aliphatic carbocycles. The second-order valence-electron chi connectivity index (χ2n) is 39.6. The molecule has 2 unspecified atom stereocenters. The van der Waals surface area contributed by atoms with Gasteiger partial charge in [0.2, 0.25) is 17.2 Å². The second-order valence-corrected chi connectivity index (χ2v) is 39.6. The molecule has 144 heavy (non-hydrogen) atoms. The molecule has 0 saturated heterocycles. The first kappa shape index (κ1) is 102. The molecule has 758 valence electrons. The lowest BCUT2D eigenvalue weighted by molar-refractivity contribution is 0.196. The number of fused-ring (bicyclic) bond motifs is 6. The minimum atomic E-state index is -0.130. The maximum atomic E-state index is 10.7. The third-order valence-electron chi connectivity index (χ3n) is 31.2. The number of aliphatic hydroxyl groups excluding tert-OH is 3. The predicted molar refractivity (Wildman–Crippen MR) is 570 cm³/mol. The van der Waals surface area contributed by atoms with Crippen molar-refractivity contribution in [3.05, 3.63) is 299 Å². The topological polar surface area (TPSA) is 219 Å². The Morgan fingerprint density at radius 3 is 0.889 bits per heavy atom. The van der Waals surface area contributed by atoms with Crippen LogP contribution in [0.25, 0.3) is 0 Å². The smallest absolute Gasteiger partial charge is 0.204 e. The number of likely N-dealkylation sites (N-methyl/N-ethyl adjacent to an activating group) is 6. The third kappa shape index (κ3) is 20.4. The quantitative estimate of drug-likeness (QED) is 0.0813. The van der Waals surface area contributed by atoms with Gasteiger partial charge in [0.05, 0.1) is 83.8 Å². The van der Waals surface area contributed by atoms with Gasteiger partial charge in [0.15, 0.2) is 69.0 Å². The summed E-state index contributed by atoms with van der Waals surface area (Å²) in [5.74, 6) is 14.3. The number of benzene rings is 12. The highest BCUT2D eigenvalue weighted by atomic mass is 127. The van der Waals surface area contributed by atoms with E-state index in [4.69, 9.17) is 71.1 Å². The molecule has 25 heteroatoms. The van der Waals surface area contributed by atoms with Crippen LogP contribution >= 0.6 is 24.0 Å². The van der Waals surface area contributed by atoms with E-state index in [1.165, 1.54) is 61.2 Å². The van der Waals surface area contributed by atoms with Gasteiger partial charge in [-0.2, -0.15) is 0 Å². The van der Waals surface area contributed by atoms with Gasteiger partial charge in [0, 0.05) is 109 Å². The second kappa shape index (κ2) is 44.5. The Morgan fingerprint density at radius 2 is 0.569 bits per heavy atom. The molecular formula is C119H137IN6O18. The monoisotopic (exact) mass is 2060 g/mol. The highest BCUT2D eigenvalue weighted by molar-refractivity contribution is 14.0. The van der Waals surface area contributed by atoms with Gasteiger partial charge in [-0.25, -0.2) is 0 Å². The first-order valence-electron chi connectivity index (χ1n) is 50.3. The van der Waals surface area contributed by atoms with Crippen molar-refractivity contribution in [2.24, 2.45) is 0 Å². The Kier molecular flexibility index (Phi) is 31.6. The third-order valence-corrected chi connectivity index (χ3v) is 31.2. The number of ether oxygens (including phenoxy) is 15. The summed E-state index contributed by atoms with van der Waals surface area (Å²) >= 11 is 0. The number of halogens is 1. The lowest BCUT2D eigenvalue weighted by Gasteiger charge is -2.41. The Labute approximate surface area is 864 Å². The zero-order valence-electron chi connectivity index (χ0n) is 86.1. The first-order chi connectivity index (χ1) is 69.6. The molecule has 0 amide bonds. The van der Waals surface area contributed by atoms with Crippen LogP contribution in [0.2, 0.25) is 0 Å². The van der Waals surface area contributed by atoms with E-state index in [0.717, 1.165) is 176 Å². The van der Waals surface area contributed by atoms with Crippen LogP contribution in [0, 0.1) is 0 Å². The number of hydrogen-bond donors (Lipinski definition) is 3. The van der Waals surface area contributed by atoms with Crippen LogP contribution in [0.1, 0.15) is 198 Å². The van der Waals surface area contributed by atoms with Crippen molar-refractivity contribution in [3.63, 3.8) is 0 Å². The highest BCUT2D eigenvalue weighted by Gasteiger charge is 2.43. The van der Waals surface area contributed by atoms with E-state index < -0.39 is 0 Å². The first-order valence-corrected chi connectivity index (χ1v) is 50.3. The lowest BCUT2D eigenvalue weighted by Crippen LogP contribution is -2.36. The van der Waals surface area contributed by atoms with Gasteiger partial charge < -0.3 is 86.4 Å². The van der Waals surface area contributed by atoms with Crippen molar-refractivity contribution in [2.45, 2.75) is 165 Å². The zero-order chi connectivity index (χ0) is 99.7. The number of rotatable bonds is 15. The molecule has 12 aromatic rings. The molecule has 12 heterocycles. The zero-order valence-corrected chi connectivity index (χ0v) is 88.4. The molecule has 0 spiro atoms. The number of nitrogens with zero attached hydrogens (tertiary/aromatic N) is 6. The molecule has 24 rings (SSSR count). The average Bonchev–Trinajstić information content (AvgIpc) is 0.750. The normalized spacial score (nSPS) is 19.9. The molecule has 18 bridgehead atoms. The number of aliphatic hydroxyl groups is 3. The average molecular weight is 2070 g/mol. The van der Waals surface area contributed by atoms with Crippen molar-refractivity contribution in [1.29, 1.82) is 0 Å². The Hall–Kier alpha value is -12.0. The molecule has 0 fully saturated rings. The Balaban J connectivity index is 0.000000142. The van der Waals surface area contributed by atoms with Crippen LogP contribution in [0.5, 0.6) is 121 Å². The maximum absolute atomic E-state index is 10.7. The Morgan fingerprint density at radius 1 is 0.278 bits per heavy atom. The predicted octanol–water partition coefficient (Wildman–Crippen LogP) is 22.8. The molecule has 0 saturated carbocycles. The largest absolute Gasteiger partial charge is 0.493 e. The van der Waals surface area contributed by atoms with E-state index >= 15 is 0 Å². The lowest BCUT2D eigenvalue weighted by atomic mass is 9.80. The van der Waals surface area contributed by atoms with Crippen molar-refractivity contribution in [1.82, 2.24) is 29.4 Å². The summed E-state index contributed by atoms with van der Waals surface area (Å²) in [7, 11) is 28.1. The summed E-state index contributed by atoms with van der Waals surface area (Å²) in [6, 6.07) is 63.2. The molecule has 12 aliphatic rings. The SMILES string of the molecule is CCC1CN(C)[C@H]2Cc3ccc(OC)c(c3)Oc3ccc(cc3)C[C@H]3c4cc(c(CO)cc4CCN3C)Oc3c(OC)c(OC)cc1c32.CCCC1CN(C)[C@H]2Cc3ccc(OC)c(c3)Oc3ccc(cc3)C[C@H]3c4cc(c(CO)cc4CCN3C)Oc3c(OC)c(OC)cc1c32.COc1ccc2cc1Oc1ccc(cc1)C[C@H]1c3cc(c(CO)cc3CCN1C)Oc1c(OC)c(OC)cc3c1[C@H](C2)N(C)CC3.I. The molecule has 0 radical (unpaired) electrons. The van der Waals surface area contributed by atoms with Crippen LogP contribution < -0.4 is 71.1 Å². The van der Waals surface area contributed by atoms with E-state index in [0.29, 0.717) is 123 Å². The van der Waals surface area contributed by atoms with E-state index in [-0.39, 0.29) is 91.9 Å². The highest BCUT2D eigenvalue weighted by Crippen LogP contribution is 2.59. The number of hydrogen-bond acceptors (Lipinski definition) is 24. The summed E-state index contributed by atoms with van der Waals surface area (Å²) < 4.78 is 93.8. The summed E-state index contributed by atoms with van der Waals surface area (Å²) in [4.78, 5) is 14.5. The van der Waals surface area contributed by atoms with Gasteiger partial charge in [0.1, 0.15) is 34.5 Å². The van der Waals surface area contributed by atoms with Gasteiger partial charge in [-0.1, -0.05) is 74.9 Å². The van der Waals surface area contributed by atoms with Gasteiger partial charge >= 0.3 is 0 Å². The van der Waals surface area contributed by atoms with Crippen LogP contribution in [0.4, 0.5) is 0 Å². The van der Waals surface area contributed by atoms with Gasteiger partial charge in [-0.3, -0.25) is 29.4 Å².